The highest BCUT2D eigenvalue weighted by Crippen LogP contribution is 2.39. The number of nitrogens with one attached hydrogen (secondary N) is 1. The molecular formula is C28H33N7. The van der Waals surface area contributed by atoms with Crippen LogP contribution in [0, 0.1) is 6.92 Å². The highest BCUT2D eigenvalue weighted by molar-refractivity contribution is 5.92. The zero-order chi connectivity index (χ0) is 24.1. The fourth-order valence-electron chi connectivity index (χ4n) is 5.69. The molecule has 0 bridgehead atoms. The molecule has 0 spiro atoms. The molecule has 1 N–H and O–H groups in total. The van der Waals surface area contributed by atoms with Crippen LogP contribution in [0.5, 0.6) is 0 Å². The van der Waals surface area contributed by atoms with Gasteiger partial charge in [-0.3, -0.25) is 4.90 Å². The first-order chi connectivity index (χ1) is 17.0. The van der Waals surface area contributed by atoms with Gasteiger partial charge >= 0.3 is 0 Å². The van der Waals surface area contributed by atoms with Crippen LogP contribution < -0.4 is 0 Å². The van der Waals surface area contributed by atoms with Crippen molar-refractivity contribution in [3.8, 4) is 11.3 Å². The van der Waals surface area contributed by atoms with Crippen molar-refractivity contribution in [3.05, 3.63) is 71.7 Å². The lowest BCUT2D eigenvalue weighted by Gasteiger charge is -2.32. The molecule has 0 saturated carbocycles. The molecule has 4 aromatic heterocycles. The van der Waals surface area contributed by atoms with Gasteiger partial charge in [-0.1, -0.05) is 19.9 Å². The minimum atomic E-state index is 0.402. The second kappa shape index (κ2) is 8.64. The van der Waals surface area contributed by atoms with Gasteiger partial charge in [0.1, 0.15) is 12.2 Å². The number of benzene rings is 1. The Labute approximate surface area is 205 Å². The first kappa shape index (κ1) is 22.0. The van der Waals surface area contributed by atoms with Gasteiger partial charge in [0.05, 0.1) is 12.2 Å². The summed E-state index contributed by atoms with van der Waals surface area (Å²) in [6, 6.07) is 9.18. The van der Waals surface area contributed by atoms with E-state index in [2.05, 4.69) is 87.8 Å². The van der Waals surface area contributed by atoms with Crippen LogP contribution in [0.1, 0.15) is 61.0 Å². The third kappa shape index (κ3) is 3.93. The van der Waals surface area contributed by atoms with E-state index in [9.17, 15) is 0 Å². The maximum Gasteiger partial charge on any atom is 0.155 e. The summed E-state index contributed by atoms with van der Waals surface area (Å²) in [6.45, 7) is 9.90. The SMILES string of the molecule is Cc1cc2ncnn2cc1-c1[nH]c2ccc(C3CCN(Cc4nccn4C)CC3)cc2c1C(C)C. The van der Waals surface area contributed by atoms with Gasteiger partial charge in [-0.25, -0.2) is 14.5 Å². The monoisotopic (exact) mass is 467 g/mol. The first-order valence-corrected chi connectivity index (χ1v) is 12.6. The Balaban J connectivity index is 1.30. The number of rotatable bonds is 5. The second-order valence-corrected chi connectivity index (χ2v) is 10.3. The van der Waals surface area contributed by atoms with Crippen LogP contribution in [-0.2, 0) is 13.6 Å². The zero-order valence-electron chi connectivity index (χ0n) is 21.0. The van der Waals surface area contributed by atoms with Gasteiger partial charge in [0, 0.05) is 42.1 Å². The Morgan fingerprint density at radius 2 is 1.94 bits per heavy atom. The summed E-state index contributed by atoms with van der Waals surface area (Å²) in [5, 5.41) is 5.71. The average Bonchev–Trinajstić information content (AvgIpc) is 3.56. The van der Waals surface area contributed by atoms with Crippen LogP contribution in [0.25, 0.3) is 27.8 Å². The number of piperidine rings is 1. The predicted octanol–water partition coefficient (Wildman–Crippen LogP) is 5.42. The molecule has 7 nitrogen and oxygen atoms in total. The molecule has 0 atom stereocenters. The number of hydrogen-bond donors (Lipinski definition) is 1. The average molecular weight is 468 g/mol. The summed E-state index contributed by atoms with van der Waals surface area (Å²) in [6.07, 6.45) is 10.0. The third-order valence-electron chi connectivity index (χ3n) is 7.68. The molecule has 5 heterocycles. The summed E-state index contributed by atoms with van der Waals surface area (Å²) in [5.74, 6) is 2.15. The first-order valence-electron chi connectivity index (χ1n) is 12.6. The number of aryl methyl sites for hydroxylation is 2. The van der Waals surface area contributed by atoms with Gasteiger partial charge in [-0.15, -0.1) is 0 Å². The number of fused-ring (bicyclic) bond motifs is 2. The van der Waals surface area contributed by atoms with Crippen LogP contribution in [0.3, 0.4) is 0 Å². The Hall–Kier alpha value is -3.45. The van der Waals surface area contributed by atoms with Gasteiger partial charge < -0.3 is 9.55 Å². The third-order valence-corrected chi connectivity index (χ3v) is 7.68. The number of aromatic amines is 1. The Morgan fingerprint density at radius 3 is 2.69 bits per heavy atom. The Morgan fingerprint density at radius 1 is 1.11 bits per heavy atom. The lowest BCUT2D eigenvalue weighted by atomic mass is 9.87. The maximum atomic E-state index is 4.50. The summed E-state index contributed by atoms with van der Waals surface area (Å²) in [5.41, 5.74) is 8.53. The molecule has 1 aromatic carbocycles. The number of imidazole rings is 1. The fourth-order valence-corrected chi connectivity index (χ4v) is 5.69. The lowest BCUT2D eigenvalue weighted by Crippen LogP contribution is -2.33. The molecule has 0 aliphatic carbocycles. The normalized spacial score (nSPS) is 15.7. The molecule has 1 fully saturated rings. The van der Waals surface area contributed by atoms with E-state index >= 15 is 0 Å². The van der Waals surface area contributed by atoms with E-state index in [4.69, 9.17) is 0 Å². The highest BCUT2D eigenvalue weighted by atomic mass is 15.3. The topological polar surface area (TPSA) is 67.0 Å². The van der Waals surface area contributed by atoms with E-state index < -0.39 is 0 Å². The molecule has 7 heteroatoms. The van der Waals surface area contributed by atoms with Crippen molar-refractivity contribution in [2.24, 2.45) is 7.05 Å². The summed E-state index contributed by atoms with van der Waals surface area (Å²) >= 11 is 0. The van der Waals surface area contributed by atoms with E-state index in [1.807, 2.05) is 16.9 Å². The van der Waals surface area contributed by atoms with Crippen molar-refractivity contribution < 1.29 is 0 Å². The van der Waals surface area contributed by atoms with E-state index in [1.165, 1.54) is 51.7 Å². The molecule has 0 unspecified atom stereocenters. The number of H-pyrrole nitrogens is 1. The van der Waals surface area contributed by atoms with Crippen molar-refractivity contribution in [2.75, 3.05) is 13.1 Å². The van der Waals surface area contributed by atoms with E-state index in [0.717, 1.165) is 31.1 Å². The smallest absolute Gasteiger partial charge is 0.155 e. The summed E-state index contributed by atoms with van der Waals surface area (Å²) < 4.78 is 3.99. The van der Waals surface area contributed by atoms with Gasteiger partial charge in [0.15, 0.2) is 5.65 Å². The number of aromatic nitrogens is 6. The van der Waals surface area contributed by atoms with Crippen molar-refractivity contribution in [1.82, 2.24) is 34.0 Å². The number of pyridine rings is 1. The maximum absolute atomic E-state index is 4.50. The molecule has 6 rings (SSSR count). The second-order valence-electron chi connectivity index (χ2n) is 10.3. The van der Waals surface area contributed by atoms with Crippen molar-refractivity contribution in [1.29, 1.82) is 0 Å². The van der Waals surface area contributed by atoms with Crippen molar-refractivity contribution in [2.45, 2.75) is 52.0 Å². The van der Waals surface area contributed by atoms with Crippen LogP contribution in [0.2, 0.25) is 0 Å². The Bertz CT molecular complexity index is 1490. The molecule has 0 amide bonds. The van der Waals surface area contributed by atoms with Crippen LogP contribution in [0.15, 0.2) is 49.2 Å². The predicted molar refractivity (Wildman–Crippen MR) is 140 cm³/mol. The molecule has 5 aromatic rings. The standard InChI is InChI=1S/C28H33N7/c1-18(2)27-22-14-21(20-7-10-34(11-8-20)16-26-29-9-12-33(26)4)5-6-24(22)32-28(27)23-15-35-25(13-19(23)3)30-17-31-35/h5-6,9,12-15,17-18,20,32H,7-8,10-11,16H2,1-4H3. The van der Waals surface area contributed by atoms with E-state index in [0.29, 0.717) is 11.8 Å². The molecule has 180 valence electrons. The number of hydrogen-bond acceptors (Lipinski definition) is 4. The Kier molecular flexibility index (Phi) is 5.44. The van der Waals surface area contributed by atoms with Crippen LogP contribution in [-0.4, -0.2) is 47.1 Å². The van der Waals surface area contributed by atoms with E-state index in [1.54, 1.807) is 6.33 Å². The van der Waals surface area contributed by atoms with Gasteiger partial charge in [0.25, 0.3) is 0 Å². The van der Waals surface area contributed by atoms with Gasteiger partial charge in [0.2, 0.25) is 0 Å². The molecule has 1 aliphatic heterocycles. The minimum absolute atomic E-state index is 0.402. The lowest BCUT2D eigenvalue weighted by molar-refractivity contribution is 0.198. The molecular weight excluding hydrogens is 434 g/mol. The molecule has 35 heavy (non-hydrogen) atoms. The minimum Gasteiger partial charge on any atom is -0.354 e. The van der Waals surface area contributed by atoms with Gasteiger partial charge in [-0.2, -0.15) is 5.10 Å². The number of likely N-dealkylation sites (tertiary alicyclic amines) is 1. The largest absolute Gasteiger partial charge is 0.354 e. The van der Waals surface area contributed by atoms with E-state index in [-0.39, 0.29) is 0 Å². The van der Waals surface area contributed by atoms with Gasteiger partial charge in [-0.05, 0) is 79.6 Å². The molecule has 0 radical (unpaired) electrons. The van der Waals surface area contributed by atoms with Crippen molar-refractivity contribution >= 4 is 16.6 Å². The van der Waals surface area contributed by atoms with Crippen molar-refractivity contribution in [3.63, 3.8) is 0 Å². The summed E-state index contributed by atoms with van der Waals surface area (Å²) in [7, 11) is 2.08. The fraction of sp³-hybridized carbons (Fsp3) is 0.393. The summed E-state index contributed by atoms with van der Waals surface area (Å²) in [4.78, 5) is 15.1. The van der Waals surface area contributed by atoms with Crippen LogP contribution >= 0.6 is 0 Å². The number of nitrogens with zero attached hydrogens (tertiary/aromatic N) is 6. The quantitative estimate of drug-likeness (QED) is 0.375. The molecule has 1 saturated heterocycles. The zero-order valence-corrected chi connectivity index (χ0v) is 21.0. The van der Waals surface area contributed by atoms with Crippen LogP contribution in [0.4, 0.5) is 0 Å². The highest BCUT2D eigenvalue weighted by Gasteiger charge is 2.24. The molecule has 1 aliphatic rings.